The van der Waals surface area contributed by atoms with Gasteiger partial charge in [0.2, 0.25) is 5.09 Å². The highest BCUT2D eigenvalue weighted by Gasteiger charge is 2.15. The summed E-state index contributed by atoms with van der Waals surface area (Å²) in [5, 5.41) is 8.06. The molecule has 0 aliphatic heterocycles. The summed E-state index contributed by atoms with van der Waals surface area (Å²) in [7, 11) is -3.72. The molecule has 1 fully saturated rings. The van der Waals surface area contributed by atoms with Crippen molar-refractivity contribution in [1.29, 1.82) is 0 Å². The maximum atomic E-state index is 11.0. The lowest BCUT2D eigenvalue weighted by atomic mass is 10.1. The predicted molar refractivity (Wildman–Crippen MR) is 63.7 cm³/mol. The molecule has 1 aromatic heterocycles. The van der Waals surface area contributed by atoms with Crippen molar-refractivity contribution < 1.29 is 12.8 Å². The van der Waals surface area contributed by atoms with Gasteiger partial charge in [0.25, 0.3) is 10.0 Å². The summed E-state index contributed by atoms with van der Waals surface area (Å²) in [6, 6.07) is 3.03. The van der Waals surface area contributed by atoms with Crippen LogP contribution in [0.2, 0.25) is 0 Å². The van der Waals surface area contributed by atoms with E-state index in [-0.39, 0.29) is 5.09 Å². The zero-order valence-electron chi connectivity index (χ0n) is 9.69. The Balaban J connectivity index is 1.81. The second-order valence-electron chi connectivity index (χ2n) is 4.55. The molecule has 2 rings (SSSR count). The van der Waals surface area contributed by atoms with Gasteiger partial charge in [-0.1, -0.05) is 12.8 Å². The molecule has 1 saturated carbocycles. The molecule has 6 heteroatoms. The number of nitrogens with one attached hydrogen (secondary N) is 1. The van der Waals surface area contributed by atoms with Gasteiger partial charge in [0.15, 0.2) is 0 Å². The van der Waals surface area contributed by atoms with Gasteiger partial charge < -0.3 is 9.73 Å². The molecule has 3 N–H and O–H groups in total. The quantitative estimate of drug-likeness (QED) is 0.831. The molecule has 0 amide bonds. The number of furan rings is 1. The van der Waals surface area contributed by atoms with Gasteiger partial charge in [0.1, 0.15) is 5.76 Å². The van der Waals surface area contributed by atoms with Crippen LogP contribution in [0.1, 0.15) is 31.4 Å². The van der Waals surface area contributed by atoms with E-state index < -0.39 is 10.0 Å². The normalized spacial score (nSPS) is 17.7. The van der Waals surface area contributed by atoms with E-state index in [1.54, 1.807) is 6.07 Å². The predicted octanol–water partition coefficient (Wildman–Crippen LogP) is 1.21. The summed E-state index contributed by atoms with van der Waals surface area (Å²) in [5.41, 5.74) is 0. The van der Waals surface area contributed by atoms with Gasteiger partial charge in [0, 0.05) is 0 Å². The van der Waals surface area contributed by atoms with Crippen LogP contribution in [0.15, 0.2) is 21.6 Å². The van der Waals surface area contributed by atoms with E-state index in [1.807, 2.05) is 0 Å². The van der Waals surface area contributed by atoms with Crippen molar-refractivity contribution in [2.45, 2.75) is 37.3 Å². The maximum Gasteiger partial charge on any atom is 0.271 e. The summed E-state index contributed by atoms with van der Waals surface area (Å²) in [4.78, 5) is 0. The number of hydrogen-bond acceptors (Lipinski definition) is 4. The molecule has 0 atom stereocenters. The Morgan fingerprint density at radius 2 is 2.06 bits per heavy atom. The molecule has 0 spiro atoms. The lowest BCUT2D eigenvalue weighted by Crippen LogP contribution is -2.20. The first kappa shape index (κ1) is 12.6. The standard InChI is InChI=1S/C11H18N2O3S/c12-17(14,15)11-6-5-10(16-11)8-13-7-9-3-1-2-4-9/h5-6,9,13H,1-4,7-8H2,(H2,12,14,15). The monoisotopic (exact) mass is 258 g/mol. The third kappa shape index (κ3) is 3.55. The summed E-state index contributed by atoms with van der Waals surface area (Å²) >= 11 is 0. The SMILES string of the molecule is NS(=O)(=O)c1ccc(CNCC2CCCC2)o1. The Morgan fingerprint density at radius 1 is 1.35 bits per heavy atom. The highest BCUT2D eigenvalue weighted by Crippen LogP contribution is 2.23. The van der Waals surface area contributed by atoms with Crippen molar-refractivity contribution in [3.05, 3.63) is 17.9 Å². The second kappa shape index (κ2) is 5.20. The summed E-state index contributed by atoms with van der Waals surface area (Å²) in [6.07, 6.45) is 5.21. The highest BCUT2D eigenvalue weighted by molar-refractivity contribution is 7.89. The minimum Gasteiger partial charge on any atom is -0.447 e. The van der Waals surface area contributed by atoms with Crippen LogP contribution < -0.4 is 10.5 Å². The molecule has 0 unspecified atom stereocenters. The van der Waals surface area contributed by atoms with Crippen molar-refractivity contribution in [2.24, 2.45) is 11.1 Å². The van der Waals surface area contributed by atoms with Gasteiger partial charge in [-0.2, -0.15) is 0 Å². The molecule has 0 saturated heterocycles. The van der Waals surface area contributed by atoms with E-state index >= 15 is 0 Å². The van der Waals surface area contributed by atoms with Crippen LogP contribution in [0.3, 0.4) is 0 Å². The minimum atomic E-state index is -3.72. The van der Waals surface area contributed by atoms with Crippen LogP contribution in [0.25, 0.3) is 0 Å². The van der Waals surface area contributed by atoms with E-state index in [1.165, 1.54) is 31.7 Å². The average molecular weight is 258 g/mol. The number of rotatable bonds is 5. The van der Waals surface area contributed by atoms with Crippen molar-refractivity contribution in [1.82, 2.24) is 5.32 Å². The fourth-order valence-electron chi connectivity index (χ4n) is 2.22. The number of primary sulfonamides is 1. The van der Waals surface area contributed by atoms with E-state index in [0.29, 0.717) is 12.3 Å². The molecule has 1 aliphatic carbocycles. The maximum absolute atomic E-state index is 11.0. The summed E-state index contributed by atoms with van der Waals surface area (Å²) in [5.74, 6) is 1.36. The van der Waals surface area contributed by atoms with Crippen LogP contribution in [0.4, 0.5) is 0 Å². The van der Waals surface area contributed by atoms with Crippen LogP contribution in [-0.4, -0.2) is 15.0 Å². The number of sulfonamides is 1. The number of nitrogens with two attached hydrogens (primary N) is 1. The van der Waals surface area contributed by atoms with E-state index in [2.05, 4.69) is 5.32 Å². The molecule has 96 valence electrons. The first-order valence-electron chi connectivity index (χ1n) is 5.88. The minimum absolute atomic E-state index is 0.171. The molecule has 1 heterocycles. The first-order valence-corrected chi connectivity index (χ1v) is 7.42. The van der Waals surface area contributed by atoms with Crippen LogP contribution >= 0.6 is 0 Å². The largest absolute Gasteiger partial charge is 0.447 e. The zero-order valence-corrected chi connectivity index (χ0v) is 10.5. The van der Waals surface area contributed by atoms with Gasteiger partial charge in [-0.15, -0.1) is 0 Å². The van der Waals surface area contributed by atoms with E-state index in [4.69, 9.17) is 9.56 Å². The molecular formula is C11H18N2O3S. The molecule has 1 aromatic rings. The Morgan fingerprint density at radius 3 is 2.65 bits per heavy atom. The molecule has 1 aliphatic rings. The lowest BCUT2D eigenvalue weighted by molar-refractivity contribution is 0.391. The van der Waals surface area contributed by atoms with Crippen LogP contribution in [0, 0.1) is 5.92 Å². The van der Waals surface area contributed by atoms with Gasteiger partial charge in [0.05, 0.1) is 6.54 Å². The lowest BCUT2D eigenvalue weighted by Gasteiger charge is -2.08. The van der Waals surface area contributed by atoms with Gasteiger partial charge in [-0.3, -0.25) is 0 Å². The summed E-state index contributed by atoms with van der Waals surface area (Å²) in [6.45, 7) is 1.51. The van der Waals surface area contributed by atoms with Gasteiger partial charge in [-0.25, -0.2) is 13.6 Å². The molecule has 0 radical (unpaired) electrons. The Bertz CT molecular complexity index is 461. The Kier molecular flexibility index (Phi) is 3.86. The van der Waals surface area contributed by atoms with Crippen molar-refractivity contribution in [2.75, 3.05) is 6.54 Å². The highest BCUT2D eigenvalue weighted by atomic mass is 32.2. The Hall–Kier alpha value is -0.850. The van der Waals surface area contributed by atoms with E-state index in [0.717, 1.165) is 12.5 Å². The molecule has 5 nitrogen and oxygen atoms in total. The number of hydrogen-bond donors (Lipinski definition) is 2. The van der Waals surface area contributed by atoms with Crippen LogP contribution in [-0.2, 0) is 16.6 Å². The average Bonchev–Trinajstić information content (AvgIpc) is 2.86. The first-order chi connectivity index (χ1) is 8.05. The third-order valence-electron chi connectivity index (χ3n) is 3.12. The van der Waals surface area contributed by atoms with Crippen molar-refractivity contribution in [3.63, 3.8) is 0 Å². The van der Waals surface area contributed by atoms with Crippen molar-refractivity contribution >= 4 is 10.0 Å². The van der Waals surface area contributed by atoms with Crippen molar-refractivity contribution in [3.8, 4) is 0 Å². The van der Waals surface area contributed by atoms with Gasteiger partial charge in [-0.05, 0) is 37.4 Å². The summed E-state index contributed by atoms with van der Waals surface area (Å²) < 4.78 is 27.1. The van der Waals surface area contributed by atoms with Crippen LogP contribution in [0.5, 0.6) is 0 Å². The molecule has 0 bridgehead atoms. The Labute approximate surface area is 101 Å². The molecular weight excluding hydrogens is 240 g/mol. The van der Waals surface area contributed by atoms with E-state index in [9.17, 15) is 8.42 Å². The zero-order chi connectivity index (χ0) is 12.3. The fourth-order valence-corrected chi connectivity index (χ4v) is 2.70. The topological polar surface area (TPSA) is 85.3 Å². The third-order valence-corrected chi connectivity index (χ3v) is 3.90. The van der Waals surface area contributed by atoms with Gasteiger partial charge >= 0.3 is 0 Å². The fraction of sp³-hybridized carbons (Fsp3) is 0.636. The second-order valence-corrected chi connectivity index (χ2v) is 6.04. The smallest absolute Gasteiger partial charge is 0.271 e. The molecule has 0 aromatic carbocycles. The molecule has 17 heavy (non-hydrogen) atoms.